The number of aromatic nitrogens is 1. The van der Waals surface area contributed by atoms with Gasteiger partial charge in [0.1, 0.15) is 5.15 Å². The third-order valence-electron chi connectivity index (χ3n) is 3.13. The number of nitrogens with zero attached hydrogens (tertiary/aromatic N) is 1. The summed E-state index contributed by atoms with van der Waals surface area (Å²) in [5.41, 5.74) is 1.81. The SMILES string of the molecule is O=C(NCc1ccc(Cl)nc1)NCc1ccc2c(c1)OCO2. The van der Waals surface area contributed by atoms with E-state index in [1.165, 1.54) is 0 Å². The van der Waals surface area contributed by atoms with Crippen LogP contribution in [0.25, 0.3) is 0 Å². The molecule has 114 valence electrons. The molecule has 2 aromatic rings. The van der Waals surface area contributed by atoms with Crippen molar-refractivity contribution in [2.45, 2.75) is 13.1 Å². The van der Waals surface area contributed by atoms with Crippen LogP contribution in [-0.2, 0) is 13.1 Å². The van der Waals surface area contributed by atoms with Crippen molar-refractivity contribution in [1.29, 1.82) is 0 Å². The monoisotopic (exact) mass is 319 g/mol. The van der Waals surface area contributed by atoms with Crippen LogP contribution < -0.4 is 20.1 Å². The molecule has 0 fully saturated rings. The highest BCUT2D eigenvalue weighted by atomic mass is 35.5. The zero-order valence-electron chi connectivity index (χ0n) is 11.6. The molecule has 0 saturated carbocycles. The van der Waals surface area contributed by atoms with Gasteiger partial charge in [0.2, 0.25) is 6.79 Å². The van der Waals surface area contributed by atoms with Crippen molar-refractivity contribution >= 4 is 17.6 Å². The van der Waals surface area contributed by atoms with Gasteiger partial charge in [-0.3, -0.25) is 0 Å². The van der Waals surface area contributed by atoms with Crippen LogP contribution in [0.4, 0.5) is 4.79 Å². The second-order valence-electron chi connectivity index (χ2n) is 4.71. The Kier molecular flexibility index (Phi) is 4.29. The first-order chi connectivity index (χ1) is 10.7. The Morgan fingerprint density at radius 3 is 2.59 bits per heavy atom. The largest absolute Gasteiger partial charge is 0.454 e. The van der Waals surface area contributed by atoms with E-state index >= 15 is 0 Å². The number of hydrogen-bond donors (Lipinski definition) is 2. The van der Waals surface area contributed by atoms with Crippen molar-refractivity contribution in [2.75, 3.05) is 6.79 Å². The summed E-state index contributed by atoms with van der Waals surface area (Å²) in [5.74, 6) is 1.43. The maximum absolute atomic E-state index is 11.8. The predicted molar refractivity (Wildman–Crippen MR) is 80.9 cm³/mol. The molecule has 1 aliphatic heterocycles. The van der Waals surface area contributed by atoms with Crippen LogP contribution in [0.1, 0.15) is 11.1 Å². The van der Waals surface area contributed by atoms with Gasteiger partial charge in [-0.05, 0) is 29.3 Å². The van der Waals surface area contributed by atoms with Crippen molar-refractivity contribution in [3.05, 3.63) is 52.8 Å². The first-order valence-electron chi connectivity index (χ1n) is 6.71. The van der Waals surface area contributed by atoms with Crippen molar-refractivity contribution in [3.63, 3.8) is 0 Å². The van der Waals surface area contributed by atoms with Gasteiger partial charge >= 0.3 is 6.03 Å². The highest BCUT2D eigenvalue weighted by Gasteiger charge is 2.13. The van der Waals surface area contributed by atoms with Gasteiger partial charge in [0.15, 0.2) is 11.5 Å². The lowest BCUT2D eigenvalue weighted by molar-refractivity contribution is 0.174. The fourth-order valence-corrected chi connectivity index (χ4v) is 2.10. The van der Waals surface area contributed by atoms with Gasteiger partial charge in [-0.15, -0.1) is 0 Å². The molecule has 0 atom stereocenters. The van der Waals surface area contributed by atoms with Crippen LogP contribution >= 0.6 is 11.6 Å². The van der Waals surface area contributed by atoms with E-state index in [1.807, 2.05) is 24.3 Å². The third kappa shape index (κ3) is 3.59. The minimum atomic E-state index is -0.257. The minimum Gasteiger partial charge on any atom is -0.454 e. The Hall–Kier alpha value is -2.47. The molecule has 1 aliphatic rings. The van der Waals surface area contributed by atoms with Gasteiger partial charge in [0.25, 0.3) is 0 Å². The van der Waals surface area contributed by atoms with Gasteiger partial charge in [-0.25, -0.2) is 9.78 Å². The molecule has 0 saturated heterocycles. The van der Waals surface area contributed by atoms with E-state index in [0.29, 0.717) is 24.0 Å². The molecule has 22 heavy (non-hydrogen) atoms. The van der Waals surface area contributed by atoms with E-state index < -0.39 is 0 Å². The van der Waals surface area contributed by atoms with Crippen LogP contribution in [-0.4, -0.2) is 17.8 Å². The molecular formula is C15H14ClN3O3. The third-order valence-corrected chi connectivity index (χ3v) is 3.36. The van der Waals surface area contributed by atoms with Crippen molar-refractivity contribution < 1.29 is 14.3 Å². The van der Waals surface area contributed by atoms with E-state index in [2.05, 4.69) is 15.6 Å². The first-order valence-corrected chi connectivity index (χ1v) is 7.09. The predicted octanol–water partition coefficient (Wildman–Crippen LogP) is 2.46. The van der Waals surface area contributed by atoms with Gasteiger partial charge in [-0.1, -0.05) is 23.7 Å². The van der Waals surface area contributed by atoms with E-state index in [0.717, 1.165) is 16.9 Å². The van der Waals surface area contributed by atoms with Crippen molar-refractivity contribution in [1.82, 2.24) is 15.6 Å². The Bertz CT molecular complexity index is 676. The number of ether oxygens (including phenoxy) is 2. The molecule has 2 heterocycles. The second-order valence-corrected chi connectivity index (χ2v) is 5.10. The number of urea groups is 1. The number of hydrogen-bond acceptors (Lipinski definition) is 4. The molecular weight excluding hydrogens is 306 g/mol. The Morgan fingerprint density at radius 1 is 1.09 bits per heavy atom. The summed E-state index contributed by atoms with van der Waals surface area (Å²) in [5, 5.41) is 5.96. The number of amides is 2. The summed E-state index contributed by atoms with van der Waals surface area (Å²) in [7, 11) is 0. The Morgan fingerprint density at radius 2 is 1.82 bits per heavy atom. The quantitative estimate of drug-likeness (QED) is 0.849. The van der Waals surface area contributed by atoms with E-state index in [4.69, 9.17) is 21.1 Å². The molecule has 0 aliphatic carbocycles. The number of nitrogens with one attached hydrogen (secondary N) is 2. The maximum atomic E-state index is 11.8. The molecule has 0 radical (unpaired) electrons. The van der Waals surface area contributed by atoms with E-state index in [-0.39, 0.29) is 12.8 Å². The number of carbonyl (C=O) groups is 1. The number of benzene rings is 1. The highest BCUT2D eigenvalue weighted by molar-refractivity contribution is 6.29. The molecule has 0 spiro atoms. The second kappa shape index (κ2) is 6.53. The van der Waals surface area contributed by atoms with Crippen LogP contribution in [0.5, 0.6) is 11.5 Å². The number of carbonyl (C=O) groups excluding carboxylic acids is 1. The van der Waals surface area contributed by atoms with Crippen LogP contribution in [0, 0.1) is 0 Å². The molecule has 2 amide bonds. The average Bonchev–Trinajstić information content (AvgIpc) is 3.00. The van der Waals surface area contributed by atoms with Crippen LogP contribution in [0.2, 0.25) is 5.15 Å². The van der Waals surface area contributed by atoms with E-state index in [9.17, 15) is 4.79 Å². The zero-order valence-corrected chi connectivity index (χ0v) is 12.4. The van der Waals surface area contributed by atoms with Crippen molar-refractivity contribution in [3.8, 4) is 11.5 Å². The summed E-state index contributed by atoms with van der Waals surface area (Å²) in [6.07, 6.45) is 1.63. The molecule has 0 unspecified atom stereocenters. The Balaban J connectivity index is 1.47. The molecule has 2 N–H and O–H groups in total. The van der Waals surface area contributed by atoms with Gasteiger partial charge in [-0.2, -0.15) is 0 Å². The van der Waals surface area contributed by atoms with E-state index in [1.54, 1.807) is 12.3 Å². The van der Waals surface area contributed by atoms with Gasteiger partial charge in [0, 0.05) is 19.3 Å². The lowest BCUT2D eigenvalue weighted by Gasteiger charge is -2.08. The van der Waals surface area contributed by atoms with Crippen molar-refractivity contribution in [2.24, 2.45) is 0 Å². The smallest absolute Gasteiger partial charge is 0.315 e. The lowest BCUT2D eigenvalue weighted by atomic mass is 10.2. The fourth-order valence-electron chi connectivity index (χ4n) is 1.99. The summed E-state index contributed by atoms with van der Waals surface area (Å²) in [4.78, 5) is 15.7. The zero-order chi connectivity index (χ0) is 15.4. The van der Waals surface area contributed by atoms with Gasteiger partial charge < -0.3 is 20.1 Å². The Labute approximate surface area is 132 Å². The number of rotatable bonds is 4. The number of fused-ring (bicyclic) bond motifs is 1. The molecule has 0 bridgehead atoms. The standard InChI is InChI=1S/C15H14ClN3O3/c16-14-4-2-11(7-17-14)8-19-15(20)18-6-10-1-3-12-13(5-10)22-9-21-12/h1-5,7H,6,8-9H2,(H2,18,19,20). The van der Waals surface area contributed by atoms with Gasteiger partial charge in [0.05, 0.1) is 0 Å². The summed E-state index contributed by atoms with van der Waals surface area (Å²) in [6.45, 7) is 1.03. The molecule has 7 heteroatoms. The summed E-state index contributed by atoms with van der Waals surface area (Å²) < 4.78 is 10.5. The normalized spacial score (nSPS) is 12.0. The number of halogens is 1. The highest BCUT2D eigenvalue weighted by Crippen LogP contribution is 2.32. The fraction of sp³-hybridized carbons (Fsp3) is 0.200. The molecule has 6 nitrogen and oxygen atoms in total. The van der Waals surface area contributed by atoms with Crippen LogP contribution in [0.3, 0.4) is 0 Å². The summed E-state index contributed by atoms with van der Waals surface area (Å²) in [6, 6.07) is 8.81. The number of pyridine rings is 1. The first kappa shape index (κ1) is 14.5. The lowest BCUT2D eigenvalue weighted by Crippen LogP contribution is -2.34. The molecule has 3 rings (SSSR count). The minimum absolute atomic E-state index is 0.238. The molecule has 1 aromatic heterocycles. The van der Waals surface area contributed by atoms with Crippen LogP contribution in [0.15, 0.2) is 36.5 Å². The molecule has 1 aromatic carbocycles. The topological polar surface area (TPSA) is 72.5 Å². The maximum Gasteiger partial charge on any atom is 0.315 e. The summed E-state index contributed by atoms with van der Waals surface area (Å²) >= 11 is 5.70. The average molecular weight is 320 g/mol.